The third-order valence-corrected chi connectivity index (χ3v) is 6.49. The van der Waals surface area contributed by atoms with E-state index in [-0.39, 0.29) is 24.3 Å². The Morgan fingerprint density at radius 2 is 2.28 bits per heavy atom. The number of nitrogens with two attached hydrogens (primary N) is 1. The van der Waals surface area contributed by atoms with Crippen molar-refractivity contribution < 1.29 is 13.9 Å². The van der Waals surface area contributed by atoms with Gasteiger partial charge < -0.3 is 15.8 Å². The molecule has 3 heterocycles. The molecule has 1 amide bonds. The molecular weight excluding hydrogens is 415 g/mol. The second kappa shape index (κ2) is 7.93. The molecule has 1 saturated heterocycles. The normalized spacial score (nSPS) is 26.0. The predicted octanol–water partition coefficient (Wildman–Crippen LogP) is 3.81. The number of rotatable bonds is 4. The highest BCUT2D eigenvalue weighted by molar-refractivity contribution is 8.13. The molecular formula is C20H20ClFN4O2S. The van der Waals surface area contributed by atoms with E-state index in [9.17, 15) is 9.18 Å². The van der Waals surface area contributed by atoms with Crippen LogP contribution in [0.5, 0.6) is 0 Å². The SMILES string of the molecule is CC[C@H]1OC[C@]2(c3cc(NC(=O)c4ccc(Cl)cn4)ccc3F)N=C(N)SC[C@H]12. The number of anilines is 1. The fourth-order valence-corrected chi connectivity index (χ4v) is 5.09. The number of carbonyl (C=O) groups excluding carboxylic acids is 1. The Kier molecular flexibility index (Phi) is 5.50. The molecule has 4 rings (SSSR count). The molecule has 1 aromatic carbocycles. The summed E-state index contributed by atoms with van der Waals surface area (Å²) in [4.78, 5) is 21.1. The van der Waals surface area contributed by atoms with E-state index in [1.54, 1.807) is 12.1 Å². The minimum Gasteiger partial charge on any atom is -0.379 e. The zero-order chi connectivity index (χ0) is 20.6. The first-order valence-corrected chi connectivity index (χ1v) is 10.6. The molecule has 1 fully saturated rings. The average molecular weight is 435 g/mol. The van der Waals surface area contributed by atoms with Gasteiger partial charge in [-0.15, -0.1) is 0 Å². The van der Waals surface area contributed by atoms with Crippen molar-refractivity contribution in [1.82, 2.24) is 4.98 Å². The van der Waals surface area contributed by atoms with Crippen LogP contribution in [-0.4, -0.2) is 34.5 Å². The highest BCUT2D eigenvalue weighted by atomic mass is 35.5. The Bertz CT molecular complexity index is 971. The van der Waals surface area contributed by atoms with Gasteiger partial charge in [-0.25, -0.2) is 14.4 Å². The average Bonchev–Trinajstić information content (AvgIpc) is 3.08. The third kappa shape index (κ3) is 3.72. The molecule has 3 atom stereocenters. The number of benzene rings is 1. The second-order valence-electron chi connectivity index (χ2n) is 7.06. The molecule has 29 heavy (non-hydrogen) atoms. The smallest absolute Gasteiger partial charge is 0.274 e. The third-order valence-electron chi connectivity index (χ3n) is 5.35. The summed E-state index contributed by atoms with van der Waals surface area (Å²) >= 11 is 7.28. The van der Waals surface area contributed by atoms with Crippen molar-refractivity contribution in [3.8, 4) is 0 Å². The largest absolute Gasteiger partial charge is 0.379 e. The number of amidine groups is 1. The van der Waals surface area contributed by atoms with Crippen molar-refractivity contribution >= 4 is 40.1 Å². The van der Waals surface area contributed by atoms with E-state index in [1.165, 1.54) is 36.2 Å². The van der Waals surface area contributed by atoms with Crippen molar-refractivity contribution in [1.29, 1.82) is 0 Å². The van der Waals surface area contributed by atoms with Crippen LogP contribution >= 0.6 is 23.4 Å². The number of fused-ring (bicyclic) bond motifs is 1. The van der Waals surface area contributed by atoms with E-state index in [0.29, 0.717) is 27.2 Å². The van der Waals surface area contributed by atoms with Crippen LogP contribution in [0.4, 0.5) is 10.1 Å². The van der Waals surface area contributed by atoms with Crippen molar-refractivity contribution in [3.05, 3.63) is 58.6 Å². The van der Waals surface area contributed by atoms with E-state index >= 15 is 0 Å². The summed E-state index contributed by atoms with van der Waals surface area (Å²) < 4.78 is 20.9. The van der Waals surface area contributed by atoms with Gasteiger partial charge in [0, 0.05) is 29.1 Å². The number of carbonyl (C=O) groups is 1. The number of pyridine rings is 1. The molecule has 0 bridgehead atoms. The van der Waals surface area contributed by atoms with Gasteiger partial charge in [0.05, 0.1) is 17.7 Å². The van der Waals surface area contributed by atoms with Gasteiger partial charge in [0.15, 0.2) is 5.17 Å². The fraction of sp³-hybridized carbons (Fsp3) is 0.350. The van der Waals surface area contributed by atoms with Crippen LogP contribution in [0.3, 0.4) is 0 Å². The van der Waals surface area contributed by atoms with Crippen LogP contribution in [0.1, 0.15) is 29.4 Å². The van der Waals surface area contributed by atoms with Crippen LogP contribution in [0.2, 0.25) is 5.02 Å². The molecule has 6 nitrogen and oxygen atoms in total. The van der Waals surface area contributed by atoms with Crippen LogP contribution < -0.4 is 11.1 Å². The lowest BCUT2D eigenvalue weighted by molar-refractivity contribution is 0.0904. The maximum Gasteiger partial charge on any atom is 0.274 e. The van der Waals surface area contributed by atoms with Crippen molar-refractivity contribution in [3.63, 3.8) is 0 Å². The summed E-state index contributed by atoms with van der Waals surface area (Å²) in [6, 6.07) is 7.57. The maximum absolute atomic E-state index is 14.9. The molecule has 3 N–H and O–H groups in total. The van der Waals surface area contributed by atoms with Crippen LogP contribution in [0.15, 0.2) is 41.5 Å². The number of thioether (sulfide) groups is 1. The quantitative estimate of drug-likeness (QED) is 0.763. The van der Waals surface area contributed by atoms with Gasteiger partial charge in [-0.1, -0.05) is 30.3 Å². The first-order chi connectivity index (χ1) is 13.9. The molecule has 9 heteroatoms. The topological polar surface area (TPSA) is 89.6 Å². The molecule has 2 aromatic rings. The van der Waals surface area contributed by atoms with E-state index in [1.807, 2.05) is 6.92 Å². The number of aliphatic imine (C=N–C) groups is 1. The summed E-state index contributed by atoms with van der Waals surface area (Å²) in [5.41, 5.74) is 6.15. The van der Waals surface area contributed by atoms with E-state index < -0.39 is 17.3 Å². The summed E-state index contributed by atoms with van der Waals surface area (Å²) in [5.74, 6) is -0.104. The number of nitrogens with zero attached hydrogens (tertiary/aromatic N) is 2. The van der Waals surface area contributed by atoms with Crippen molar-refractivity contribution in [2.75, 3.05) is 17.7 Å². The number of amides is 1. The Labute approximate surface area is 177 Å². The molecule has 0 aliphatic carbocycles. The number of aromatic nitrogens is 1. The van der Waals surface area contributed by atoms with Gasteiger partial charge in [0.25, 0.3) is 5.91 Å². The van der Waals surface area contributed by atoms with Gasteiger partial charge in [-0.2, -0.15) is 0 Å². The number of hydrogen-bond donors (Lipinski definition) is 2. The fourth-order valence-electron chi connectivity index (χ4n) is 3.91. The summed E-state index contributed by atoms with van der Waals surface area (Å²) in [5, 5.41) is 3.62. The summed E-state index contributed by atoms with van der Waals surface area (Å²) in [6.45, 7) is 2.30. The molecule has 2 aliphatic rings. The van der Waals surface area contributed by atoms with Gasteiger partial charge in [-0.3, -0.25) is 4.79 Å². The number of nitrogens with one attached hydrogen (secondary N) is 1. The summed E-state index contributed by atoms with van der Waals surface area (Å²) in [7, 11) is 0. The molecule has 152 valence electrons. The molecule has 1 aromatic heterocycles. The highest BCUT2D eigenvalue weighted by Crippen LogP contribution is 2.49. The van der Waals surface area contributed by atoms with Gasteiger partial charge >= 0.3 is 0 Å². The van der Waals surface area contributed by atoms with E-state index in [4.69, 9.17) is 22.1 Å². The number of ether oxygens (including phenoxy) is 1. The predicted molar refractivity (Wildman–Crippen MR) is 113 cm³/mol. The maximum atomic E-state index is 14.9. The molecule has 0 radical (unpaired) electrons. The summed E-state index contributed by atoms with van der Waals surface area (Å²) in [6.07, 6.45) is 2.19. The van der Waals surface area contributed by atoms with Crippen LogP contribution in [0.25, 0.3) is 0 Å². The minimum absolute atomic E-state index is 0.00295. The zero-order valence-electron chi connectivity index (χ0n) is 15.7. The van der Waals surface area contributed by atoms with Crippen LogP contribution in [-0.2, 0) is 10.3 Å². The van der Waals surface area contributed by atoms with Crippen molar-refractivity contribution in [2.45, 2.75) is 25.0 Å². The first-order valence-electron chi connectivity index (χ1n) is 9.25. The lowest BCUT2D eigenvalue weighted by atomic mass is 9.78. The highest BCUT2D eigenvalue weighted by Gasteiger charge is 2.53. The molecule has 0 unspecified atom stereocenters. The Balaban J connectivity index is 1.68. The number of hydrogen-bond acceptors (Lipinski definition) is 6. The van der Waals surface area contributed by atoms with Gasteiger partial charge in [0.1, 0.15) is 17.1 Å². The molecule has 0 spiro atoms. The lowest BCUT2D eigenvalue weighted by Crippen LogP contribution is -2.42. The minimum atomic E-state index is -0.890. The second-order valence-corrected chi connectivity index (χ2v) is 8.54. The van der Waals surface area contributed by atoms with Gasteiger partial charge in [-0.05, 0) is 36.8 Å². The van der Waals surface area contributed by atoms with Crippen molar-refractivity contribution in [2.24, 2.45) is 16.6 Å². The van der Waals surface area contributed by atoms with E-state index in [0.717, 1.165) is 6.42 Å². The Morgan fingerprint density at radius 3 is 3.00 bits per heavy atom. The lowest BCUT2D eigenvalue weighted by Gasteiger charge is -2.36. The Morgan fingerprint density at radius 1 is 1.45 bits per heavy atom. The first kappa shape index (κ1) is 20.1. The van der Waals surface area contributed by atoms with Crippen LogP contribution in [0, 0.1) is 11.7 Å². The Hall–Kier alpha value is -2.16. The zero-order valence-corrected chi connectivity index (χ0v) is 17.3. The van der Waals surface area contributed by atoms with E-state index in [2.05, 4.69) is 15.3 Å². The van der Waals surface area contributed by atoms with Gasteiger partial charge in [0.2, 0.25) is 0 Å². The standard InChI is InChI=1S/C20H20ClFN4O2S/c1-2-17-14-9-29-19(23)26-20(14,10-28-17)13-7-12(4-5-15(13)22)25-18(27)16-6-3-11(21)8-24-16/h3-8,14,17H,2,9-10H2,1H3,(H2,23,26)(H,25,27)/t14-,17-,20-/m1/s1. The monoisotopic (exact) mass is 434 g/mol. The number of halogens is 2. The molecule has 2 aliphatic heterocycles. The molecule has 0 saturated carbocycles.